The van der Waals surface area contributed by atoms with Gasteiger partial charge in [-0.05, 0) is 30.7 Å². The number of nitrogens with zero attached hydrogens (tertiary/aromatic N) is 4. The Bertz CT molecular complexity index is 1100. The summed E-state index contributed by atoms with van der Waals surface area (Å²) in [5, 5.41) is 10.3. The summed E-state index contributed by atoms with van der Waals surface area (Å²) in [7, 11) is 1.45. The van der Waals surface area contributed by atoms with Crippen molar-refractivity contribution in [1.29, 1.82) is 0 Å². The summed E-state index contributed by atoms with van der Waals surface area (Å²) in [5.74, 6) is 0.428. The van der Waals surface area contributed by atoms with Crippen LogP contribution >= 0.6 is 11.8 Å². The van der Waals surface area contributed by atoms with Gasteiger partial charge in [-0.15, -0.1) is 10.2 Å². The maximum atomic E-state index is 13.8. The average Bonchev–Trinajstić information content (AvgIpc) is 2.99. The zero-order chi connectivity index (χ0) is 18.1. The maximum absolute atomic E-state index is 13.8. The second-order valence-corrected chi connectivity index (χ2v) is 6.73. The van der Waals surface area contributed by atoms with E-state index in [-0.39, 0.29) is 11.6 Å². The zero-order valence-electron chi connectivity index (χ0n) is 14.4. The Morgan fingerprint density at radius 3 is 2.77 bits per heavy atom. The number of halogens is 1. The Labute approximate surface area is 154 Å². The smallest absolute Gasteiger partial charge is 0.211 e. The van der Waals surface area contributed by atoms with Gasteiger partial charge in [0.05, 0.1) is 12.6 Å². The molecule has 2 aromatic heterocycles. The van der Waals surface area contributed by atoms with Gasteiger partial charge in [0.25, 0.3) is 0 Å². The number of ether oxygens (including phenoxy) is 1. The van der Waals surface area contributed by atoms with Crippen LogP contribution in [0.4, 0.5) is 4.39 Å². The highest BCUT2D eigenvalue weighted by atomic mass is 32.2. The van der Waals surface area contributed by atoms with Gasteiger partial charge >= 0.3 is 0 Å². The third kappa shape index (κ3) is 2.88. The summed E-state index contributed by atoms with van der Waals surface area (Å²) in [5.41, 5.74) is 3.58. The molecule has 4 aromatic rings. The van der Waals surface area contributed by atoms with Crippen LogP contribution in [0.15, 0.2) is 47.6 Å². The predicted molar refractivity (Wildman–Crippen MR) is 101 cm³/mol. The summed E-state index contributed by atoms with van der Waals surface area (Å²) in [6.07, 6.45) is 0. The van der Waals surface area contributed by atoms with Crippen LogP contribution in [0, 0.1) is 5.82 Å². The van der Waals surface area contributed by atoms with Crippen molar-refractivity contribution in [2.75, 3.05) is 7.11 Å². The van der Waals surface area contributed by atoms with Gasteiger partial charge in [-0.25, -0.2) is 9.37 Å². The number of thioether (sulfide) groups is 1. The van der Waals surface area contributed by atoms with Crippen molar-refractivity contribution in [3.05, 3.63) is 53.8 Å². The van der Waals surface area contributed by atoms with Crippen LogP contribution in [0.25, 0.3) is 22.1 Å². The first-order chi connectivity index (χ1) is 12.7. The first-order valence-corrected chi connectivity index (χ1v) is 9.26. The van der Waals surface area contributed by atoms with Crippen molar-refractivity contribution in [1.82, 2.24) is 19.7 Å². The van der Waals surface area contributed by atoms with Crippen LogP contribution in [0.5, 0.6) is 5.75 Å². The molecule has 0 fully saturated rings. The molecule has 0 spiro atoms. The van der Waals surface area contributed by atoms with Crippen LogP contribution in [0.1, 0.15) is 12.5 Å². The Hall–Kier alpha value is -2.67. The number of rotatable bonds is 5. The molecular weight excluding hydrogens is 351 g/mol. The molecule has 0 bridgehead atoms. The molecule has 5 nitrogen and oxygen atoms in total. The minimum Gasteiger partial charge on any atom is -0.494 e. The first-order valence-electron chi connectivity index (χ1n) is 8.28. The lowest BCUT2D eigenvalue weighted by Gasteiger charge is -2.05. The lowest BCUT2D eigenvalue weighted by Crippen LogP contribution is -1.98. The van der Waals surface area contributed by atoms with E-state index >= 15 is 0 Å². The highest BCUT2D eigenvalue weighted by Gasteiger charge is 2.14. The number of hydrogen-bond donors (Lipinski definition) is 0. The number of benzene rings is 2. The fourth-order valence-electron chi connectivity index (χ4n) is 3.02. The molecule has 132 valence electrons. The van der Waals surface area contributed by atoms with Gasteiger partial charge in [-0.2, -0.15) is 0 Å². The summed E-state index contributed by atoms with van der Waals surface area (Å²) >= 11 is 1.43. The fourth-order valence-corrected chi connectivity index (χ4v) is 3.74. The molecule has 0 radical (unpaired) electrons. The van der Waals surface area contributed by atoms with Gasteiger partial charge in [0, 0.05) is 17.7 Å². The van der Waals surface area contributed by atoms with Crippen molar-refractivity contribution in [3.8, 4) is 5.75 Å². The SMILES string of the molecule is CCn1c2ccccc2c2nnc(SCc3ccc(OC)c(F)c3)nc21. The molecule has 0 atom stereocenters. The average molecular weight is 368 g/mol. The standard InChI is InChI=1S/C19H17FN4OS/c1-3-24-15-7-5-4-6-13(15)17-18(24)21-19(23-22-17)26-11-12-8-9-16(25-2)14(20)10-12/h4-10H,3,11H2,1-2H3. The molecule has 0 aliphatic heterocycles. The van der Waals surface area contributed by atoms with E-state index in [1.807, 2.05) is 24.3 Å². The van der Waals surface area contributed by atoms with Crippen molar-refractivity contribution in [2.45, 2.75) is 24.4 Å². The monoisotopic (exact) mass is 368 g/mol. The third-order valence-electron chi connectivity index (χ3n) is 4.25. The quantitative estimate of drug-likeness (QED) is 0.488. The third-order valence-corrected chi connectivity index (χ3v) is 5.16. The number of aryl methyl sites for hydroxylation is 1. The summed E-state index contributed by atoms with van der Waals surface area (Å²) in [6.45, 7) is 2.89. The second-order valence-electron chi connectivity index (χ2n) is 5.79. The minimum absolute atomic E-state index is 0.241. The number of fused-ring (bicyclic) bond motifs is 3. The van der Waals surface area contributed by atoms with Crippen molar-refractivity contribution >= 4 is 33.8 Å². The second kappa shape index (κ2) is 6.92. The highest BCUT2D eigenvalue weighted by Crippen LogP contribution is 2.28. The van der Waals surface area contributed by atoms with E-state index in [0.717, 1.165) is 34.2 Å². The van der Waals surface area contributed by atoms with Crippen molar-refractivity contribution < 1.29 is 9.13 Å². The van der Waals surface area contributed by atoms with Gasteiger partial charge < -0.3 is 9.30 Å². The van der Waals surface area contributed by atoms with Crippen LogP contribution in [-0.2, 0) is 12.3 Å². The molecule has 7 heteroatoms. The van der Waals surface area contributed by atoms with E-state index in [0.29, 0.717) is 10.9 Å². The normalized spacial score (nSPS) is 11.3. The van der Waals surface area contributed by atoms with Gasteiger partial charge in [-0.1, -0.05) is 36.0 Å². The number of methoxy groups -OCH3 is 1. The molecule has 0 aliphatic carbocycles. The molecule has 0 N–H and O–H groups in total. The molecular formula is C19H17FN4OS. The summed E-state index contributed by atoms with van der Waals surface area (Å²) < 4.78 is 20.9. The predicted octanol–water partition coefficient (Wildman–Crippen LogP) is 4.44. The van der Waals surface area contributed by atoms with E-state index in [9.17, 15) is 4.39 Å². The van der Waals surface area contributed by atoms with E-state index in [1.54, 1.807) is 6.07 Å². The maximum Gasteiger partial charge on any atom is 0.211 e. The van der Waals surface area contributed by atoms with E-state index in [2.05, 4.69) is 32.7 Å². The number of para-hydroxylation sites is 1. The molecule has 4 rings (SSSR count). The Morgan fingerprint density at radius 2 is 2.00 bits per heavy atom. The minimum atomic E-state index is -0.369. The Balaban J connectivity index is 1.65. The van der Waals surface area contributed by atoms with Gasteiger partial charge in [-0.3, -0.25) is 0 Å². The lowest BCUT2D eigenvalue weighted by atomic mass is 10.2. The zero-order valence-corrected chi connectivity index (χ0v) is 15.3. The molecule has 2 aromatic carbocycles. The van der Waals surface area contributed by atoms with Crippen LogP contribution < -0.4 is 4.74 Å². The Kier molecular flexibility index (Phi) is 4.46. The highest BCUT2D eigenvalue weighted by molar-refractivity contribution is 7.98. The van der Waals surface area contributed by atoms with Gasteiger partial charge in [0.1, 0.15) is 5.52 Å². The van der Waals surface area contributed by atoms with Gasteiger partial charge in [0.15, 0.2) is 17.2 Å². The van der Waals surface area contributed by atoms with Crippen LogP contribution in [0.3, 0.4) is 0 Å². The molecule has 0 amide bonds. The lowest BCUT2D eigenvalue weighted by molar-refractivity contribution is 0.386. The van der Waals surface area contributed by atoms with Crippen molar-refractivity contribution in [2.24, 2.45) is 0 Å². The summed E-state index contributed by atoms with van der Waals surface area (Å²) in [4.78, 5) is 4.69. The topological polar surface area (TPSA) is 52.8 Å². The van der Waals surface area contributed by atoms with Crippen molar-refractivity contribution in [3.63, 3.8) is 0 Å². The fraction of sp³-hybridized carbons (Fsp3) is 0.211. The molecule has 0 aliphatic rings. The van der Waals surface area contributed by atoms with E-state index < -0.39 is 0 Å². The summed E-state index contributed by atoms with van der Waals surface area (Å²) in [6, 6.07) is 13.0. The van der Waals surface area contributed by atoms with Gasteiger partial charge in [0.2, 0.25) is 5.16 Å². The molecule has 0 saturated carbocycles. The number of aromatic nitrogens is 4. The molecule has 0 unspecified atom stereocenters. The largest absolute Gasteiger partial charge is 0.494 e. The molecule has 2 heterocycles. The van der Waals surface area contributed by atoms with E-state index in [1.165, 1.54) is 24.9 Å². The van der Waals surface area contributed by atoms with E-state index in [4.69, 9.17) is 4.74 Å². The van der Waals surface area contributed by atoms with Crippen LogP contribution in [0.2, 0.25) is 0 Å². The number of hydrogen-bond acceptors (Lipinski definition) is 5. The molecule has 0 saturated heterocycles. The first kappa shape index (κ1) is 16.8. The van der Waals surface area contributed by atoms with Crippen LogP contribution in [-0.4, -0.2) is 26.9 Å². The molecule has 26 heavy (non-hydrogen) atoms. The Morgan fingerprint density at radius 1 is 1.15 bits per heavy atom.